The third kappa shape index (κ3) is 4.30. The third-order valence-electron chi connectivity index (χ3n) is 6.89. The zero-order valence-corrected chi connectivity index (χ0v) is 21.0. The van der Waals surface area contributed by atoms with Crippen molar-refractivity contribution in [2.24, 2.45) is 5.92 Å². The fourth-order valence-electron chi connectivity index (χ4n) is 5.08. The number of methoxy groups -OCH3 is 1. The highest BCUT2D eigenvalue weighted by Crippen LogP contribution is 2.48. The number of hydrogen-bond donors (Lipinski definition) is 0. The highest BCUT2D eigenvalue weighted by molar-refractivity contribution is 6.24. The number of carbonyl (C=O) groups is 3. The molecule has 3 atom stereocenters. The molecule has 0 aliphatic carbocycles. The molecule has 39 heavy (non-hydrogen) atoms. The highest BCUT2D eigenvalue weighted by Gasteiger charge is 2.60. The molecule has 0 spiro atoms. The van der Waals surface area contributed by atoms with E-state index in [9.17, 15) is 14.4 Å². The predicted octanol–water partition coefficient (Wildman–Crippen LogP) is 4.97. The van der Waals surface area contributed by atoms with Crippen LogP contribution < -0.4 is 19.4 Å². The van der Waals surface area contributed by atoms with Crippen LogP contribution in [0.2, 0.25) is 0 Å². The van der Waals surface area contributed by atoms with Crippen LogP contribution in [0.25, 0.3) is 0 Å². The van der Waals surface area contributed by atoms with Crippen molar-refractivity contribution in [2.75, 3.05) is 17.1 Å². The summed E-state index contributed by atoms with van der Waals surface area (Å²) in [5.74, 6) is -1.33. The van der Waals surface area contributed by atoms with E-state index in [4.69, 9.17) is 14.3 Å². The molecule has 8 heteroatoms. The van der Waals surface area contributed by atoms with Crippen molar-refractivity contribution in [3.8, 4) is 11.5 Å². The Balaban J connectivity index is 1.34. The third-order valence-corrected chi connectivity index (χ3v) is 6.89. The smallest absolute Gasteiger partial charge is 0.343 e. The summed E-state index contributed by atoms with van der Waals surface area (Å²) in [6.45, 7) is 0. The summed E-state index contributed by atoms with van der Waals surface area (Å²) in [5, 5.41) is 1.62. The number of nitrogens with zero attached hydrogens (tertiary/aromatic N) is 2. The van der Waals surface area contributed by atoms with Crippen LogP contribution in [0.4, 0.5) is 11.4 Å². The number of para-hydroxylation sites is 3. The van der Waals surface area contributed by atoms with Crippen molar-refractivity contribution in [1.82, 2.24) is 0 Å². The summed E-state index contributed by atoms with van der Waals surface area (Å²) in [5.41, 5.74) is 2.26. The van der Waals surface area contributed by atoms with Gasteiger partial charge in [0.15, 0.2) is 6.10 Å². The van der Waals surface area contributed by atoms with Crippen molar-refractivity contribution in [3.05, 3.63) is 120 Å². The van der Waals surface area contributed by atoms with Gasteiger partial charge in [0.05, 0.1) is 30.1 Å². The monoisotopic (exact) mass is 520 g/mol. The van der Waals surface area contributed by atoms with Crippen LogP contribution >= 0.6 is 0 Å². The Morgan fingerprint density at radius 2 is 1.41 bits per heavy atom. The minimum absolute atomic E-state index is 0.360. The molecule has 6 rings (SSSR count). The summed E-state index contributed by atoms with van der Waals surface area (Å²) >= 11 is 0. The second-order valence-corrected chi connectivity index (χ2v) is 9.17. The van der Waals surface area contributed by atoms with Crippen molar-refractivity contribution in [2.45, 2.75) is 12.1 Å². The minimum Gasteiger partial charge on any atom is -0.495 e. The van der Waals surface area contributed by atoms with Crippen LogP contribution in [-0.2, 0) is 14.4 Å². The van der Waals surface area contributed by atoms with Crippen LogP contribution in [0.5, 0.6) is 11.5 Å². The van der Waals surface area contributed by atoms with Crippen LogP contribution in [0.3, 0.4) is 0 Å². The van der Waals surface area contributed by atoms with Gasteiger partial charge in [-0.2, -0.15) is 0 Å². The molecule has 2 saturated heterocycles. The van der Waals surface area contributed by atoms with E-state index in [2.05, 4.69) is 0 Å². The average Bonchev–Trinajstić information content (AvgIpc) is 3.49. The molecule has 8 nitrogen and oxygen atoms in total. The topological polar surface area (TPSA) is 85.4 Å². The Bertz CT molecular complexity index is 1520. The van der Waals surface area contributed by atoms with Gasteiger partial charge in [0, 0.05) is 0 Å². The second-order valence-electron chi connectivity index (χ2n) is 9.17. The number of rotatable bonds is 6. The predicted molar refractivity (Wildman–Crippen MR) is 143 cm³/mol. The zero-order valence-electron chi connectivity index (χ0n) is 21.0. The summed E-state index contributed by atoms with van der Waals surface area (Å²) in [6, 6.07) is 31.2. The Morgan fingerprint density at radius 3 is 2.10 bits per heavy atom. The molecule has 2 fully saturated rings. The number of ether oxygens (including phenoxy) is 2. The number of fused-ring (bicyclic) bond motifs is 1. The van der Waals surface area contributed by atoms with Gasteiger partial charge in [-0.05, 0) is 54.1 Å². The van der Waals surface area contributed by atoms with E-state index in [1.54, 1.807) is 77.9 Å². The zero-order chi connectivity index (χ0) is 26.9. The minimum atomic E-state index is -1.01. The van der Waals surface area contributed by atoms with Crippen LogP contribution in [0.15, 0.2) is 109 Å². The van der Waals surface area contributed by atoms with Gasteiger partial charge in [-0.3, -0.25) is 14.4 Å². The molecule has 0 radical (unpaired) electrons. The Labute approximate surface area is 224 Å². The molecule has 2 heterocycles. The number of anilines is 2. The molecule has 0 bridgehead atoms. The molecule has 0 saturated carbocycles. The van der Waals surface area contributed by atoms with Gasteiger partial charge < -0.3 is 9.47 Å². The van der Waals surface area contributed by atoms with Gasteiger partial charge in [0.2, 0.25) is 5.91 Å². The van der Waals surface area contributed by atoms with Gasteiger partial charge in [-0.25, -0.2) is 14.8 Å². The number of amides is 2. The number of hydroxylamine groups is 1. The van der Waals surface area contributed by atoms with Crippen molar-refractivity contribution in [1.29, 1.82) is 0 Å². The quantitative estimate of drug-likeness (QED) is 0.202. The van der Waals surface area contributed by atoms with Crippen LogP contribution in [0, 0.1) is 5.92 Å². The maximum atomic E-state index is 13.9. The average molecular weight is 521 g/mol. The molecule has 2 amide bonds. The van der Waals surface area contributed by atoms with Crippen molar-refractivity contribution in [3.63, 3.8) is 0 Å². The van der Waals surface area contributed by atoms with E-state index >= 15 is 0 Å². The summed E-state index contributed by atoms with van der Waals surface area (Å²) in [7, 11) is 1.49. The van der Waals surface area contributed by atoms with Crippen molar-refractivity contribution < 1.29 is 28.7 Å². The molecule has 4 aromatic carbocycles. The normalized spacial score (nSPS) is 20.2. The van der Waals surface area contributed by atoms with Gasteiger partial charge in [0.25, 0.3) is 5.91 Å². The van der Waals surface area contributed by atoms with Crippen LogP contribution in [-0.4, -0.2) is 31.0 Å². The van der Waals surface area contributed by atoms with Gasteiger partial charge >= 0.3 is 5.97 Å². The molecular formula is C31H24N2O6. The SMILES string of the molecule is COc1ccccc1N1C(=O)[C@H]2[C@H](ON(c3ccccc3)[C@H]2c2ccc(OC(=O)c3ccccc3)cc2)C1=O. The summed E-state index contributed by atoms with van der Waals surface area (Å²) in [4.78, 5) is 47.3. The second kappa shape index (κ2) is 10.1. The van der Waals surface area contributed by atoms with Gasteiger partial charge in [0.1, 0.15) is 17.4 Å². The van der Waals surface area contributed by atoms with E-state index in [0.29, 0.717) is 28.4 Å². The first-order valence-corrected chi connectivity index (χ1v) is 12.5. The largest absolute Gasteiger partial charge is 0.495 e. The van der Waals surface area contributed by atoms with Gasteiger partial charge in [-0.15, -0.1) is 0 Å². The van der Waals surface area contributed by atoms with E-state index in [1.165, 1.54) is 7.11 Å². The lowest BCUT2D eigenvalue weighted by Gasteiger charge is -2.29. The number of imide groups is 1. The van der Waals surface area contributed by atoms with Crippen LogP contribution in [0.1, 0.15) is 22.0 Å². The van der Waals surface area contributed by atoms with E-state index in [1.807, 2.05) is 36.4 Å². The Morgan fingerprint density at radius 1 is 0.769 bits per heavy atom. The standard InChI is InChI=1S/C31H24N2O6/c1-37-25-15-9-8-14-24(25)32-29(34)26-27(33(39-28(26)30(32)35)22-12-6-3-7-13-22)20-16-18-23(19-17-20)38-31(36)21-10-4-2-5-11-21/h2-19,26-28H,1H3/t26-,27+,28+/m1/s1. The first-order chi connectivity index (χ1) is 19.1. The number of esters is 1. The lowest BCUT2D eigenvalue weighted by atomic mass is 9.90. The number of benzene rings is 4. The molecule has 4 aromatic rings. The molecule has 0 unspecified atom stereocenters. The molecule has 2 aliphatic heterocycles. The maximum absolute atomic E-state index is 13.9. The lowest BCUT2D eigenvalue weighted by Crippen LogP contribution is -2.37. The highest BCUT2D eigenvalue weighted by atomic mass is 16.7. The number of hydrogen-bond acceptors (Lipinski definition) is 7. The van der Waals surface area contributed by atoms with Gasteiger partial charge in [-0.1, -0.05) is 60.7 Å². The van der Waals surface area contributed by atoms with E-state index in [-0.39, 0.29) is 5.91 Å². The first kappa shape index (κ1) is 24.4. The lowest BCUT2D eigenvalue weighted by molar-refractivity contribution is -0.126. The molecule has 0 aromatic heterocycles. The molecule has 194 valence electrons. The molecule has 0 N–H and O–H groups in total. The summed E-state index contributed by atoms with van der Waals surface area (Å²) in [6.07, 6.45) is -1.01. The van der Waals surface area contributed by atoms with E-state index in [0.717, 1.165) is 10.5 Å². The number of carbonyl (C=O) groups excluding carboxylic acids is 3. The molecular weight excluding hydrogens is 496 g/mol. The summed E-state index contributed by atoms with van der Waals surface area (Å²) < 4.78 is 10.9. The van der Waals surface area contributed by atoms with E-state index < -0.39 is 29.9 Å². The fraction of sp³-hybridized carbons (Fsp3) is 0.129. The maximum Gasteiger partial charge on any atom is 0.343 e. The van der Waals surface area contributed by atoms with Crippen molar-refractivity contribution >= 4 is 29.2 Å². The first-order valence-electron chi connectivity index (χ1n) is 12.5. The Hall–Kier alpha value is -4.95. The molecule has 2 aliphatic rings. The Kier molecular flexibility index (Phi) is 6.30. The fourth-order valence-corrected chi connectivity index (χ4v) is 5.08.